The van der Waals surface area contributed by atoms with Crippen molar-refractivity contribution < 1.29 is 14.2 Å². The number of hydrogen-bond donors (Lipinski definition) is 6. The number of nitrogens with one attached hydrogen (secondary N) is 6. The first-order valence-electron chi connectivity index (χ1n) is 13.9. The molecule has 256 valence electrons. The highest BCUT2D eigenvalue weighted by atomic mass is 79.9. The minimum absolute atomic E-state index is 0. The molecule has 0 amide bonds. The Morgan fingerprint density at radius 2 is 0.439 bits per heavy atom. The maximum atomic E-state index is 5.79. The SMILES string of the molecule is Br.Br.Br.Br.Br.Br.C1COCCNCCN2CCNCCOCCNCCN(CCN1)CCNCCOCCNCC2. The minimum Gasteiger partial charge on any atom is -0.379 e. The Morgan fingerprint density at radius 3 is 0.610 bits per heavy atom. The lowest BCUT2D eigenvalue weighted by molar-refractivity contribution is 0.131. The quantitative estimate of drug-likeness (QED) is 0.193. The third kappa shape index (κ3) is 35.1. The molecule has 3 heterocycles. The van der Waals surface area contributed by atoms with E-state index < -0.39 is 0 Å². The summed E-state index contributed by atoms with van der Waals surface area (Å²) >= 11 is 0. The lowest BCUT2D eigenvalue weighted by Gasteiger charge is -2.24. The van der Waals surface area contributed by atoms with Crippen molar-refractivity contribution in [2.75, 3.05) is 157 Å². The fourth-order valence-corrected chi connectivity index (χ4v) is 4.02. The Balaban J connectivity index is -0.000000720. The van der Waals surface area contributed by atoms with Crippen LogP contribution in [-0.2, 0) is 14.2 Å². The van der Waals surface area contributed by atoms with Crippen molar-refractivity contribution in [3.05, 3.63) is 0 Å². The molecule has 0 radical (unpaired) electrons. The van der Waals surface area contributed by atoms with Crippen LogP contribution in [0.3, 0.4) is 0 Å². The number of hydrogen-bond acceptors (Lipinski definition) is 11. The zero-order valence-corrected chi connectivity index (χ0v) is 34.8. The third-order valence-electron chi connectivity index (χ3n) is 6.17. The van der Waals surface area contributed by atoms with E-state index >= 15 is 0 Å². The van der Waals surface area contributed by atoms with Crippen molar-refractivity contribution in [2.24, 2.45) is 0 Å². The monoisotopic (exact) mass is 982 g/mol. The van der Waals surface area contributed by atoms with Gasteiger partial charge in [-0.2, -0.15) is 0 Å². The van der Waals surface area contributed by atoms with Crippen molar-refractivity contribution in [3.8, 4) is 0 Å². The average Bonchev–Trinajstić information content (AvgIpc) is 2.86. The maximum absolute atomic E-state index is 5.79. The van der Waals surface area contributed by atoms with Crippen LogP contribution in [0.5, 0.6) is 0 Å². The second-order valence-corrected chi connectivity index (χ2v) is 9.02. The van der Waals surface area contributed by atoms with E-state index in [1.807, 2.05) is 0 Å². The molecule has 3 saturated heterocycles. The highest BCUT2D eigenvalue weighted by molar-refractivity contribution is 8.93. The van der Waals surface area contributed by atoms with Gasteiger partial charge in [-0.25, -0.2) is 0 Å². The van der Waals surface area contributed by atoms with Gasteiger partial charge in [0.05, 0.1) is 39.6 Å². The molecule has 17 heteroatoms. The molecule has 6 N–H and O–H groups in total. The van der Waals surface area contributed by atoms with Crippen LogP contribution in [0.25, 0.3) is 0 Å². The Kier molecular flexibility index (Phi) is 54.8. The first-order chi connectivity index (χ1) is 17.4. The Labute approximate surface area is 312 Å². The van der Waals surface area contributed by atoms with Gasteiger partial charge in [-0.1, -0.05) is 0 Å². The first-order valence-corrected chi connectivity index (χ1v) is 13.9. The van der Waals surface area contributed by atoms with E-state index in [-0.39, 0.29) is 102 Å². The fourth-order valence-electron chi connectivity index (χ4n) is 4.02. The molecule has 0 aromatic rings. The summed E-state index contributed by atoms with van der Waals surface area (Å²) in [6, 6.07) is 0. The molecule has 41 heavy (non-hydrogen) atoms. The maximum Gasteiger partial charge on any atom is 0.0591 e. The molecule has 0 aromatic carbocycles. The van der Waals surface area contributed by atoms with E-state index in [0.29, 0.717) is 0 Å². The topological polar surface area (TPSA) is 106 Å². The largest absolute Gasteiger partial charge is 0.379 e. The molecular formula is C24H60Br6N8O3. The van der Waals surface area contributed by atoms with Crippen LogP contribution in [0.1, 0.15) is 0 Å². The van der Waals surface area contributed by atoms with Crippen molar-refractivity contribution in [1.29, 1.82) is 0 Å². The van der Waals surface area contributed by atoms with Crippen LogP contribution >= 0.6 is 102 Å². The molecule has 11 nitrogen and oxygen atoms in total. The lowest BCUT2D eigenvalue weighted by Crippen LogP contribution is -2.42. The summed E-state index contributed by atoms with van der Waals surface area (Å²) in [5.74, 6) is 0. The van der Waals surface area contributed by atoms with Crippen molar-refractivity contribution >= 4 is 102 Å². The standard InChI is InChI=1S/C24H54N8O3.6BrH/c1-13-31-14-2-26-9-21-34-23-11-29-5-17-32(16-4-28-8-20-33-19-7-25-1)18-6-30-12-24-35-22-10-27-3-15-31;;;;;;/h25-30H,1-24H2;6*1H. The molecule has 0 unspecified atom stereocenters. The number of nitrogens with zero attached hydrogens (tertiary/aromatic N) is 2. The summed E-state index contributed by atoms with van der Waals surface area (Å²) < 4.78 is 17.4. The second-order valence-electron chi connectivity index (χ2n) is 9.02. The molecule has 3 aliphatic heterocycles. The van der Waals surface area contributed by atoms with Crippen LogP contribution < -0.4 is 31.9 Å². The van der Waals surface area contributed by atoms with E-state index in [0.717, 1.165) is 157 Å². The highest BCUT2D eigenvalue weighted by Crippen LogP contribution is 1.89. The molecule has 3 fully saturated rings. The zero-order chi connectivity index (χ0) is 24.5. The van der Waals surface area contributed by atoms with Gasteiger partial charge >= 0.3 is 0 Å². The summed E-state index contributed by atoms with van der Waals surface area (Å²) in [7, 11) is 0. The highest BCUT2D eigenvalue weighted by Gasteiger charge is 2.06. The van der Waals surface area contributed by atoms with E-state index in [4.69, 9.17) is 14.2 Å². The van der Waals surface area contributed by atoms with Crippen molar-refractivity contribution in [1.82, 2.24) is 41.7 Å². The number of rotatable bonds is 0. The number of ether oxygens (including phenoxy) is 3. The molecular weight excluding hydrogens is 928 g/mol. The van der Waals surface area contributed by atoms with E-state index in [2.05, 4.69) is 41.7 Å². The van der Waals surface area contributed by atoms with Gasteiger partial charge < -0.3 is 46.1 Å². The summed E-state index contributed by atoms with van der Waals surface area (Å²) in [5, 5.41) is 21.1. The van der Waals surface area contributed by atoms with Gasteiger partial charge in [-0.3, -0.25) is 9.80 Å². The predicted octanol–water partition coefficient (Wildman–Crippen LogP) is 0.672. The van der Waals surface area contributed by atoms with E-state index in [9.17, 15) is 0 Å². The van der Waals surface area contributed by atoms with Gasteiger partial charge in [-0.15, -0.1) is 102 Å². The summed E-state index contributed by atoms with van der Waals surface area (Å²) in [4.78, 5) is 5.02. The van der Waals surface area contributed by atoms with Crippen LogP contribution in [0.15, 0.2) is 0 Å². The fraction of sp³-hybridized carbons (Fsp3) is 1.00. The predicted molar refractivity (Wildman–Crippen MR) is 204 cm³/mol. The van der Waals surface area contributed by atoms with Gasteiger partial charge in [0.1, 0.15) is 0 Å². The van der Waals surface area contributed by atoms with Gasteiger partial charge in [0.2, 0.25) is 0 Å². The molecule has 0 aromatic heterocycles. The van der Waals surface area contributed by atoms with Crippen LogP contribution in [0.4, 0.5) is 0 Å². The number of fused-ring (bicyclic) bond motifs is 30. The number of halogens is 6. The van der Waals surface area contributed by atoms with Crippen molar-refractivity contribution in [2.45, 2.75) is 0 Å². The zero-order valence-electron chi connectivity index (χ0n) is 24.5. The molecule has 0 aliphatic carbocycles. The normalized spacial score (nSPS) is 24.6. The van der Waals surface area contributed by atoms with Crippen LogP contribution in [0.2, 0.25) is 0 Å². The van der Waals surface area contributed by atoms with E-state index in [1.165, 1.54) is 0 Å². The Bertz CT molecular complexity index is 380. The molecule has 0 atom stereocenters. The summed E-state index contributed by atoms with van der Waals surface area (Å²) in [6.45, 7) is 22.0. The minimum atomic E-state index is 0. The first kappa shape index (κ1) is 53.0. The third-order valence-corrected chi connectivity index (χ3v) is 6.17. The second kappa shape index (κ2) is 42.4. The molecule has 2 bridgehead atoms. The van der Waals surface area contributed by atoms with Gasteiger partial charge in [-0.05, 0) is 0 Å². The smallest absolute Gasteiger partial charge is 0.0591 e. The summed E-state index contributed by atoms with van der Waals surface area (Å²) in [5.41, 5.74) is 0. The Hall–Kier alpha value is 2.44. The van der Waals surface area contributed by atoms with E-state index in [1.54, 1.807) is 0 Å². The van der Waals surface area contributed by atoms with Gasteiger partial charge in [0.25, 0.3) is 0 Å². The molecule has 0 saturated carbocycles. The Morgan fingerprint density at radius 1 is 0.268 bits per heavy atom. The molecule has 3 rings (SSSR count). The van der Waals surface area contributed by atoms with Crippen LogP contribution in [-0.4, -0.2) is 167 Å². The van der Waals surface area contributed by atoms with Crippen LogP contribution in [0, 0.1) is 0 Å². The average molecular weight is 988 g/mol. The van der Waals surface area contributed by atoms with Gasteiger partial charge in [0, 0.05) is 118 Å². The molecule has 3 aliphatic rings. The molecule has 0 spiro atoms. The van der Waals surface area contributed by atoms with Crippen molar-refractivity contribution in [3.63, 3.8) is 0 Å². The van der Waals surface area contributed by atoms with Gasteiger partial charge in [0.15, 0.2) is 0 Å². The lowest BCUT2D eigenvalue weighted by atomic mass is 10.4. The summed E-state index contributed by atoms with van der Waals surface area (Å²) in [6.07, 6.45) is 0.